The normalized spacial score (nSPS) is 11.5. The summed E-state index contributed by atoms with van der Waals surface area (Å²) in [6, 6.07) is 66.6. The molecule has 8 aromatic rings. The second-order valence-electron chi connectivity index (χ2n) is 19.3. The van der Waals surface area contributed by atoms with E-state index in [1.807, 2.05) is 0 Å². The third kappa shape index (κ3) is 17.9. The van der Waals surface area contributed by atoms with Crippen molar-refractivity contribution in [3.8, 4) is 0 Å². The lowest BCUT2D eigenvalue weighted by Crippen LogP contribution is -2.39. The molecule has 0 aliphatic heterocycles. The number of unbranched alkanes of at least 4 members (excludes halogenated alkanes) is 7. The summed E-state index contributed by atoms with van der Waals surface area (Å²) in [7, 11) is 0. The van der Waals surface area contributed by atoms with E-state index >= 15 is 0 Å². The Kier molecular flexibility index (Phi) is 22.6. The predicted octanol–water partition coefficient (Wildman–Crippen LogP) is 12.9. The molecular weight excluding hydrogens is 1000 g/mol. The average Bonchev–Trinajstić information content (AvgIpc) is 3.49. The van der Waals surface area contributed by atoms with Gasteiger partial charge in [-0.3, -0.25) is 0 Å². The van der Waals surface area contributed by atoms with E-state index < -0.39 is 24.3 Å². The molecule has 2 heterocycles. The van der Waals surface area contributed by atoms with Crippen LogP contribution in [0, 0.1) is 13.8 Å². The number of para-hydroxylation sites is 2. The molecule has 0 saturated heterocycles. The van der Waals surface area contributed by atoms with Crippen LogP contribution < -0.4 is 30.0 Å². The molecule has 0 spiro atoms. The topological polar surface area (TPSA) is 112 Å². The van der Waals surface area contributed by atoms with Gasteiger partial charge in [0.15, 0.2) is 11.4 Å². The van der Waals surface area contributed by atoms with Crippen LogP contribution in [0.2, 0.25) is 0 Å². The molecule has 0 fully saturated rings. The molecule has 0 bridgehead atoms. The number of pyridine rings is 2. The Morgan fingerprint density at radius 2 is 0.679 bits per heavy atom. The van der Waals surface area contributed by atoms with Gasteiger partial charge in [-0.25, -0.2) is 0 Å². The second-order valence-corrected chi connectivity index (χ2v) is 19.3. The highest BCUT2D eigenvalue weighted by molar-refractivity contribution is 5.90. The van der Waals surface area contributed by atoms with Crippen LogP contribution >= 0.6 is 0 Å². The molecule has 14 heteroatoms. The number of anilines is 2. The van der Waals surface area contributed by atoms with Crippen molar-refractivity contribution in [2.75, 3.05) is 23.7 Å². The van der Waals surface area contributed by atoms with E-state index in [2.05, 4.69) is 216 Å². The maximum atomic E-state index is 10.5. The number of carboxylic acid groups (broad SMARTS) is 2. The summed E-state index contributed by atoms with van der Waals surface area (Å²) in [5, 5.41) is 27.8. The van der Waals surface area contributed by atoms with Crippen molar-refractivity contribution in [1.29, 1.82) is 0 Å². The van der Waals surface area contributed by atoms with Crippen molar-refractivity contribution in [2.24, 2.45) is 0 Å². The summed E-state index contributed by atoms with van der Waals surface area (Å²) in [5.74, 6) is -5.30. The van der Waals surface area contributed by atoms with Gasteiger partial charge in [0.2, 0.25) is 11.0 Å². The molecular formula is C64H68F6N4O4. The van der Waals surface area contributed by atoms with Gasteiger partial charge >= 0.3 is 12.4 Å². The van der Waals surface area contributed by atoms with E-state index in [0.717, 1.165) is 39.0 Å². The first-order valence-electron chi connectivity index (χ1n) is 26.6. The van der Waals surface area contributed by atoms with Gasteiger partial charge in [-0.1, -0.05) is 184 Å². The van der Waals surface area contributed by atoms with Crippen LogP contribution in [0.5, 0.6) is 0 Å². The number of carboxylic acids is 2. The average molecular weight is 1070 g/mol. The fourth-order valence-corrected chi connectivity index (χ4v) is 9.93. The molecule has 0 atom stereocenters. The van der Waals surface area contributed by atoms with E-state index in [-0.39, 0.29) is 0 Å². The summed E-state index contributed by atoms with van der Waals surface area (Å²) < 4.78 is 68.1. The van der Waals surface area contributed by atoms with E-state index in [4.69, 9.17) is 19.8 Å². The lowest BCUT2D eigenvalue weighted by atomic mass is 9.88. The van der Waals surface area contributed by atoms with E-state index in [9.17, 15) is 26.3 Å². The largest absolute Gasteiger partial charge is 0.542 e. The Morgan fingerprint density at radius 3 is 0.962 bits per heavy atom. The number of aryl methyl sites for hydroxylation is 4. The number of nitrogens with zero attached hydrogens (tertiary/aromatic N) is 2. The van der Waals surface area contributed by atoms with Crippen molar-refractivity contribution in [3.05, 3.63) is 216 Å². The van der Waals surface area contributed by atoms with Gasteiger partial charge in [0, 0.05) is 75.9 Å². The number of aromatic nitrogens is 2. The zero-order valence-electron chi connectivity index (χ0n) is 44.2. The minimum Gasteiger partial charge on any atom is -0.542 e. The van der Waals surface area contributed by atoms with Gasteiger partial charge in [0.05, 0.1) is 22.1 Å². The molecule has 8 nitrogen and oxygen atoms in total. The summed E-state index contributed by atoms with van der Waals surface area (Å²) in [5.41, 5.74) is 13.3. The first kappa shape index (κ1) is 59.5. The number of carbonyl (C=O) groups is 2. The minimum atomic E-state index is -5.19. The maximum absolute atomic E-state index is 10.5. The minimum absolute atomic E-state index is 0.359. The summed E-state index contributed by atoms with van der Waals surface area (Å²) >= 11 is 0. The van der Waals surface area contributed by atoms with Crippen LogP contribution in [-0.2, 0) is 22.7 Å². The number of alkyl halides is 6. The highest BCUT2D eigenvalue weighted by Crippen LogP contribution is 2.31. The Balaban J connectivity index is 0.000000621. The van der Waals surface area contributed by atoms with Crippen molar-refractivity contribution in [3.63, 3.8) is 0 Å². The van der Waals surface area contributed by atoms with Crippen molar-refractivity contribution < 1.29 is 55.3 Å². The Bertz CT molecular complexity index is 2820. The summed E-state index contributed by atoms with van der Waals surface area (Å²) in [4.78, 5) is 17.6. The lowest BCUT2D eigenvalue weighted by molar-refractivity contribution is -0.678. The van der Waals surface area contributed by atoms with Crippen molar-refractivity contribution in [2.45, 2.75) is 115 Å². The third-order valence-corrected chi connectivity index (χ3v) is 13.8. The van der Waals surface area contributed by atoms with Gasteiger partial charge in [-0.05, 0) is 47.2 Å². The highest BCUT2D eigenvalue weighted by Gasteiger charge is 2.30. The number of halogens is 6. The number of carbonyl (C=O) groups excluding carboxylic acids is 2. The van der Waals surface area contributed by atoms with Crippen LogP contribution in [0.4, 0.5) is 37.7 Å². The first-order valence-corrected chi connectivity index (χ1v) is 26.6. The zero-order valence-corrected chi connectivity index (χ0v) is 44.2. The molecule has 8 rings (SSSR count). The molecule has 0 aliphatic rings. The molecule has 2 N–H and O–H groups in total. The predicted molar refractivity (Wildman–Crippen MR) is 292 cm³/mol. The molecule has 78 heavy (non-hydrogen) atoms. The zero-order chi connectivity index (χ0) is 55.9. The number of hydrogen-bond donors (Lipinski definition) is 2. The van der Waals surface area contributed by atoms with Gasteiger partial charge in [-0.15, -0.1) is 0 Å². The van der Waals surface area contributed by atoms with E-state index in [1.54, 1.807) is 0 Å². The van der Waals surface area contributed by atoms with Gasteiger partial charge in [0.25, 0.3) is 0 Å². The van der Waals surface area contributed by atoms with E-state index in [1.165, 1.54) is 118 Å². The summed E-state index contributed by atoms with van der Waals surface area (Å²) in [6.07, 6.45) is 1.93. The number of nitrogens with one attached hydrogen (secondary N) is 2. The first-order chi connectivity index (χ1) is 37.5. The Hall–Kier alpha value is -7.74. The number of hydrogen-bond acceptors (Lipinski definition) is 6. The summed E-state index contributed by atoms with van der Waals surface area (Å²) in [6.45, 7) is 8.49. The molecule has 6 aromatic carbocycles. The number of benzene rings is 6. The Morgan fingerprint density at radius 1 is 0.423 bits per heavy atom. The quantitative estimate of drug-likeness (QED) is 0.0375. The molecule has 0 unspecified atom stereocenters. The van der Waals surface area contributed by atoms with Crippen molar-refractivity contribution in [1.82, 2.24) is 0 Å². The van der Waals surface area contributed by atoms with Gasteiger partial charge < -0.3 is 30.4 Å². The monoisotopic (exact) mass is 1070 g/mol. The van der Waals surface area contributed by atoms with Crippen LogP contribution in [0.3, 0.4) is 0 Å². The molecule has 0 aliphatic carbocycles. The second kappa shape index (κ2) is 29.7. The lowest BCUT2D eigenvalue weighted by Gasteiger charge is -2.18. The van der Waals surface area contributed by atoms with Crippen LogP contribution in [-0.4, -0.2) is 37.4 Å². The molecule has 2 aromatic heterocycles. The molecule has 410 valence electrons. The van der Waals surface area contributed by atoms with Crippen LogP contribution in [0.25, 0.3) is 21.8 Å². The molecule has 0 radical (unpaired) electrons. The van der Waals surface area contributed by atoms with Gasteiger partial charge in [-0.2, -0.15) is 35.5 Å². The fraction of sp³-hybridized carbons (Fsp3) is 0.312. The molecule has 0 amide bonds. The molecule has 0 saturated carbocycles. The fourth-order valence-electron chi connectivity index (χ4n) is 9.93. The SMILES string of the molecule is Cc1cc(NCCCCCCCCCCNc2cc(C)[n+](CCC(c3ccccc3)c3ccccc3)c3ccccc23)c2ccccc2[n+]1CCC(c1ccccc1)c1ccccc1.O=C([O-])C(F)(F)F.O=C([O-])C(F)(F)F. The van der Waals surface area contributed by atoms with Crippen LogP contribution in [0.15, 0.2) is 182 Å². The standard InChI is InChI=1S/C60H66N4.2C2HF3O2/c1-47-45-57(55-35-21-23-37-59(55)63(47)43-39-53(49-27-13-9-14-28-49)50-29-15-10-16-30-50)61-41-25-7-5-3-4-6-8-26-42-62-58-46-48(2)64(60-38-24-22-36-56(58)60)44-40-54(51-31-17-11-18-32-51)52-33-19-12-20-34-52;2*3-2(4,5)1(6)7/h9-24,27-38,45-46,53-54H,3-8,25-26,39-44H2,1-2H3;2*(H,6,7). The van der Waals surface area contributed by atoms with E-state index in [0.29, 0.717) is 11.8 Å². The number of aliphatic carboxylic acids is 2. The number of fused-ring (bicyclic) bond motifs is 2. The Labute approximate surface area is 453 Å². The third-order valence-electron chi connectivity index (χ3n) is 13.8. The smallest absolute Gasteiger partial charge is 0.430 e. The van der Waals surface area contributed by atoms with Crippen LogP contribution in [0.1, 0.15) is 110 Å². The van der Waals surface area contributed by atoms with Gasteiger partial charge in [0.1, 0.15) is 25.0 Å². The highest BCUT2D eigenvalue weighted by atomic mass is 19.4. The van der Waals surface area contributed by atoms with Crippen molar-refractivity contribution >= 4 is 45.1 Å². The number of rotatable bonds is 23. The maximum Gasteiger partial charge on any atom is 0.430 e.